The van der Waals surface area contributed by atoms with Crippen LogP contribution in [0.25, 0.3) is 0 Å². The van der Waals surface area contributed by atoms with Crippen molar-refractivity contribution in [2.24, 2.45) is 0 Å². The van der Waals surface area contributed by atoms with E-state index in [1.807, 2.05) is 6.92 Å². The molecule has 0 saturated carbocycles. The Balaban J connectivity index is 1.68. The van der Waals surface area contributed by atoms with Crippen LogP contribution in [-0.2, 0) is 28.7 Å². The molecule has 11 nitrogen and oxygen atoms in total. The first-order valence-corrected chi connectivity index (χ1v) is 12.9. The summed E-state index contributed by atoms with van der Waals surface area (Å²) in [6, 6.07) is -2.13. The number of amides is 4. The van der Waals surface area contributed by atoms with E-state index in [0.717, 1.165) is 25.7 Å². The van der Waals surface area contributed by atoms with Gasteiger partial charge in [-0.3, -0.25) is 28.7 Å². The summed E-state index contributed by atoms with van der Waals surface area (Å²) < 4.78 is 7.47. The molecule has 0 aromatic carbocycles. The van der Waals surface area contributed by atoms with Crippen LogP contribution in [0.2, 0.25) is 0 Å². The summed E-state index contributed by atoms with van der Waals surface area (Å²) in [5.41, 5.74) is 0. The number of rotatable bonds is 9. The van der Waals surface area contributed by atoms with Crippen molar-refractivity contribution < 1.29 is 28.7 Å². The van der Waals surface area contributed by atoms with Crippen molar-refractivity contribution in [1.82, 2.24) is 24.7 Å². The second kappa shape index (κ2) is 12.6. The molecule has 3 heterocycles. The third-order valence-electron chi connectivity index (χ3n) is 7.24. The van der Waals surface area contributed by atoms with Crippen molar-refractivity contribution in [3.05, 3.63) is 0 Å². The van der Waals surface area contributed by atoms with Crippen LogP contribution in [0.1, 0.15) is 58.8 Å². The number of hydrogen-bond acceptors (Lipinski definition) is 8. The third-order valence-corrected chi connectivity index (χ3v) is 7.61. The lowest BCUT2D eigenvalue weighted by atomic mass is 9.99. The highest BCUT2D eigenvalue weighted by Gasteiger charge is 2.44. The zero-order valence-corrected chi connectivity index (χ0v) is 21.4. The fraction of sp³-hybridized carbons (Fsp3) is 0.783. The maximum absolute atomic E-state index is 13.6. The number of nitrogens with zero attached hydrogens (tertiary/aromatic N) is 3. The first kappa shape index (κ1) is 27.3. The molecule has 0 aromatic rings. The Kier molecular flexibility index (Phi) is 9.79. The van der Waals surface area contributed by atoms with Gasteiger partial charge >= 0.3 is 0 Å². The standard InChI is InChI=1S/C23H37N5O6S/c1-15-6-5-10-26(15)22(32)16(2)24-21(31)18-7-3-4-9-27(18)23(33)19-12-17(25-35)13-28(19)20(30)8-11-34-14-29/h14-19,25,35H,3-13H2,1-2H3,(H,24,31). The SMILES string of the molecule is CC(NC(=O)C1CCCCN1C(=O)C1CC(NS)CN1C(=O)CCOC=O)C(=O)N1CCCC1C. The average Bonchev–Trinajstić information content (AvgIpc) is 3.49. The number of thiol groups is 1. The quantitative estimate of drug-likeness (QED) is 0.223. The van der Waals surface area contributed by atoms with Gasteiger partial charge in [0, 0.05) is 31.7 Å². The van der Waals surface area contributed by atoms with Crippen molar-refractivity contribution in [2.75, 3.05) is 26.2 Å². The maximum atomic E-state index is 13.6. The molecule has 12 heteroatoms. The van der Waals surface area contributed by atoms with Gasteiger partial charge in [0.15, 0.2) is 0 Å². The molecule has 35 heavy (non-hydrogen) atoms. The van der Waals surface area contributed by atoms with Crippen LogP contribution in [0.15, 0.2) is 0 Å². The molecule has 4 amide bonds. The van der Waals surface area contributed by atoms with Crippen molar-refractivity contribution in [2.45, 2.75) is 89.0 Å². The molecule has 0 spiro atoms. The predicted molar refractivity (Wildman–Crippen MR) is 130 cm³/mol. The lowest BCUT2D eigenvalue weighted by molar-refractivity contribution is -0.150. The normalized spacial score (nSPS) is 27.5. The van der Waals surface area contributed by atoms with Crippen LogP contribution in [-0.4, -0.2) is 101 Å². The van der Waals surface area contributed by atoms with E-state index in [9.17, 15) is 24.0 Å². The molecule has 3 aliphatic heterocycles. The van der Waals surface area contributed by atoms with Crippen LogP contribution in [0.3, 0.4) is 0 Å². The highest BCUT2D eigenvalue weighted by atomic mass is 32.1. The Morgan fingerprint density at radius 1 is 1.06 bits per heavy atom. The molecule has 0 radical (unpaired) electrons. The molecular formula is C23H37N5O6S. The molecule has 0 aromatic heterocycles. The van der Waals surface area contributed by atoms with E-state index in [1.165, 1.54) is 4.90 Å². The molecule has 3 rings (SSSR count). The molecule has 3 fully saturated rings. The van der Waals surface area contributed by atoms with Crippen molar-refractivity contribution in [3.63, 3.8) is 0 Å². The Morgan fingerprint density at radius 3 is 2.46 bits per heavy atom. The third kappa shape index (κ3) is 6.46. The fourth-order valence-electron chi connectivity index (χ4n) is 5.32. The molecule has 3 aliphatic rings. The van der Waals surface area contributed by atoms with Gasteiger partial charge in [-0.1, -0.05) is 12.8 Å². The van der Waals surface area contributed by atoms with Crippen molar-refractivity contribution >= 4 is 42.9 Å². The van der Waals surface area contributed by atoms with Crippen LogP contribution >= 0.6 is 12.8 Å². The summed E-state index contributed by atoms with van der Waals surface area (Å²) in [6.07, 6.45) is 4.31. The molecule has 5 unspecified atom stereocenters. The van der Waals surface area contributed by atoms with E-state index in [2.05, 4.69) is 27.6 Å². The monoisotopic (exact) mass is 511 g/mol. The van der Waals surface area contributed by atoms with Crippen molar-refractivity contribution in [3.8, 4) is 0 Å². The average molecular weight is 512 g/mol. The number of likely N-dealkylation sites (tertiary alicyclic amines) is 3. The van der Waals surface area contributed by atoms with Gasteiger partial charge in [0.1, 0.15) is 18.1 Å². The summed E-state index contributed by atoms with van der Waals surface area (Å²) in [5.74, 6) is -1.03. The summed E-state index contributed by atoms with van der Waals surface area (Å²) in [7, 11) is 0. The largest absolute Gasteiger partial charge is 0.467 e. The first-order chi connectivity index (χ1) is 16.8. The lowest BCUT2D eigenvalue weighted by Crippen LogP contribution is -2.59. The molecule has 196 valence electrons. The van der Waals surface area contributed by atoms with Crippen LogP contribution in [0.4, 0.5) is 0 Å². The molecule has 5 atom stereocenters. The van der Waals surface area contributed by atoms with E-state index in [4.69, 9.17) is 0 Å². The van der Waals surface area contributed by atoms with Gasteiger partial charge in [0.05, 0.1) is 13.0 Å². The maximum Gasteiger partial charge on any atom is 0.293 e. The summed E-state index contributed by atoms with van der Waals surface area (Å²) >= 11 is 4.11. The highest BCUT2D eigenvalue weighted by Crippen LogP contribution is 2.26. The van der Waals surface area contributed by atoms with Gasteiger partial charge < -0.3 is 24.8 Å². The van der Waals surface area contributed by atoms with E-state index >= 15 is 0 Å². The summed E-state index contributed by atoms with van der Waals surface area (Å²) in [6.45, 7) is 5.31. The number of piperidine rings is 1. The summed E-state index contributed by atoms with van der Waals surface area (Å²) in [4.78, 5) is 67.7. The second-order valence-electron chi connectivity index (χ2n) is 9.64. The zero-order chi connectivity index (χ0) is 25.5. The molecule has 2 N–H and O–H groups in total. The van der Waals surface area contributed by atoms with Crippen LogP contribution < -0.4 is 10.0 Å². The number of hydrogen-bond donors (Lipinski definition) is 3. The Morgan fingerprint density at radius 2 is 1.80 bits per heavy atom. The molecular weight excluding hydrogens is 474 g/mol. The minimum Gasteiger partial charge on any atom is -0.467 e. The van der Waals surface area contributed by atoms with Crippen molar-refractivity contribution in [1.29, 1.82) is 0 Å². The van der Waals surface area contributed by atoms with E-state index in [1.54, 1.807) is 16.7 Å². The van der Waals surface area contributed by atoms with Gasteiger partial charge in [-0.25, -0.2) is 0 Å². The Hall–Kier alpha value is -2.34. The smallest absolute Gasteiger partial charge is 0.293 e. The number of ether oxygens (including phenoxy) is 1. The van der Waals surface area contributed by atoms with E-state index in [-0.39, 0.29) is 55.2 Å². The molecule has 0 aliphatic carbocycles. The van der Waals surface area contributed by atoms with Gasteiger partial charge in [-0.2, -0.15) is 0 Å². The van der Waals surface area contributed by atoms with Crippen LogP contribution in [0.5, 0.6) is 0 Å². The fourth-order valence-corrected chi connectivity index (χ4v) is 5.50. The predicted octanol–water partition coefficient (Wildman–Crippen LogP) is -0.150. The minimum atomic E-state index is -0.735. The van der Waals surface area contributed by atoms with Gasteiger partial charge in [0.25, 0.3) is 6.47 Å². The first-order valence-electron chi connectivity index (χ1n) is 12.4. The zero-order valence-electron chi connectivity index (χ0n) is 20.5. The van der Waals surface area contributed by atoms with E-state index < -0.39 is 18.1 Å². The van der Waals surface area contributed by atoms with Gasteiger partial charge in [-0.05, 0) is 52.4 Å². The number of carbonyl (C=O) groups excluding carboxylic acids is 5. The molecule has 0 bridgehead atoms. The second-order valence-corrected chi connectivity index (χ2v) is 9.90. The summed E-state index contributed by atoms with van der Waals surface area (Å²) in [5, 5.41) is 2.83. The lowest BCUT2D eigenvalue weighted by Gasteiger charge is -2.38. The van der Waals surface area contributed by atoms with Crippen LogP contribution in [0, 0.1) is 0 Å². The van der Waals surface area contributed by atoms with Gasteiger partial charge in [0.2, 0.25) is 23.6 Å². The number of nitrogens with one attached hydrogen (secondary N) is 2. The van der Waals surface area contributed by atoms with E-state index in [0.29, 0.717) is 32.5 Å². The number of carbonyl (C=O) groups is 5. The molecule has 3 saturated heterocycles. The van der Waals surface area contributed by atoms with Gasteiger partial charge in [-0.15, -0.1) is 0 Å². The Bertz CT molecular complexity index is 813. The Labute approximate surface area is 211 Å². The topological polar surface area (TPSA) is 128 Å². The minimum absolute atomic E-state index is 0.0275. The highest BCUT2D eigenvalue weighted by molar-refractivity contribution is 7.78.